The molecular formula is C9H15NO3. The topological polar surface area (TPSA) is 72.6 Å². The SMILES string of the molecule is NC(=O)OC1CC2(CC(CO)C2)C1. The van der Waals surface area contributed by atoms with Crippen molar-refractivity contribution in [3.8, 4) is 0 Å². The van der Waals surface area contributed by atoms with Gasteiger partial charge in [-0.15, -0.1) is 0 Å². The summed E-state index contributed by atoms with van der Waals surface area (Å²) in [6.07, 6.45) is 3.42. The molecule has 0 aliphatic heterocycles. The minimum absolute atomic E-state index is 0.0390. The predicted octanol–water partition coefficient (Wildman–Crippen LogP) is 0.633. The number of ether oxygens (including phenoxy) is 1. The van der Waals surface area contributed by atoms with Gasteiger partial charge in [-0.3, -0.25) is 0 Å². The Morgan fingerprint density at radius 3 is 2.54 bits per heavy atom. The fourth-order valence-corrected chi connectivity index (χ4v) is 2.78. The average molecular weight is 185 g/mol. The van der Waals surface area contributed by atoms with E-state index >= 15 is 0 Å². The lowest BCUT2D eigenvalue weighted by Crippen LogP contribution is -2.52. The van der Waals surface area contributed by atoms with Gasteiger partial charge in [-0.1, -0.05) is 0 Å². The van der Waals surface area contributed by atoms with Gasteiger partial charge < -0.3 is 15.6 Å². The number of amides is 1. The zero-order valence-electron chi connectivity index (χ0n) is 7.53. The van der Waals surface area contributed by atoms with Gasteiger partial charge in [0.25, 0.3) is 0 Å². The normalized spacial score (nSPS) is 42.2. The van der Waals surface area contributed by atoms with E-state index in [9.17, 15) is 4.79 Å². The number of hydrogen-bond donors (Lipinski definition) is 2. The van der Waals surface area contributed by atoms with Crippen LogP contribution in [0.3, 0.4) is 0 Å². The van der Waals surface area contributed by atoms with E-state index < -0.39 is 6.09 Å². The van der Waals surface area contributed by atoms with E-state index in [1.165, 1.54) is 0 Å². The standard InChI is InChI=1S/C9H15NO3/c10-8(12)13-7-3-9(4-7)1-6(2-9)5-11/h6-7,11H,1-5H2,(H2,10,12). The highest BCUT2D eigenvalue weighted by atomic mass is 16.6. The van der Waals surface area contributed by atoms with E-state index in [4.69, 9.17) is 15.6 Å². The van der Waals surface area contributed by atoms with Gasteiger partial charge in [-0.2, -0.15) is 0 Å². The van der Waals surface area contributed by atoms with Crippen LogP contribution in [0, 0.1) is 11.3 Å². The van der Waals surface area contributed by atoms with Crippen LogP contribution < -0.4 is 5.73 Å². The van der Waals surface area contributed by atoms with E-state index in [0.717, 1.165) is 25.7 Å². The molecule has 2 saturated carbocycles. The van der Waals surface area contributed by atoms with Gasteiger partial charge >= 0.3 is 6.09 Å². The largest absolute Gasteiger partial charge is 0.446 e. The molecule has 13 heavy (non-hydrogen) atoms. The Balaban J connectivity index is 1.71. The third-order valence-corrected chi connectivity index (χ3v) is 3.31. The maximum atomic E-state index is 10.4. The van der Waals surface area contributed by atoms with Crippen molar-refractivity contribution in [2.75, 3.05) is 6.61 Å². The zero-order chi connectivity index (χ0) is 9.47. The number of carbonyl (C=O) groups is 1. The highest BCUT2D eigenvalue weighted by Gasteiger charge is 2.53. The minimum Gasteiger partial charge on any atom is -0.446 e. The highest BCUT2D eigenvalue weighted by molar-refractivity contribution is 5.64. The van der Waals surface area contributed by atoms with Gasteiger partial charge in [0.05, 0.1) is 0 Å². The van der Waals surface area contributed by atoms with Crippen molar-refractivity contribution in [3.63, 3.8) is 0 Å². The third kappa shape index (κ3) is 1.50. The molecule has 1 spiro atoms. The molecule has 2 fully saturated rings. The Bertz CT molecular complexity index is 215. The molecule has 0 atom stereocenters. The Kier molecular flexibility index (Phi) is 1.95. The number of carbonyl (C=O) groups excluding carboxylic acids is 1. The van der Waals surface area contributed by atoms with Crippen LogP contribution in [0.4, 0.5) is 4.79 Å². The first-order valence-electron chi connectivity index (χ1n) is 4.70. The van der Waals surface area contributed by atoms with Crippen LogP contribution in [0.15, 0.2) is 0 Å². The smallest absolute Gasteiger partial charge is 0.404 e. The van der Waals surface area contributed by atoms with E-state index in [1.807, 2.05) is 0 Å². The average Bonchev–Trinajstić information content (AvgIpc) is 1.90. The Hall–Kier alpha value is -0.770. The molecule has 0 radical (unpaired) electrons. The van der Waals surface area contributed by atoms with Gasteiger partial charge in [0.2, 0.25) is 0 Å². The van der Waals surface area contributed by atoms with E-state index in [2.05, 4.69) is 0 Å². The monoisotopic (exact) mass is 185 g/mol. The van der Waals surface area contributed by atoms with Gasteiger partial charge in [-0.05, 0) is 37.0 Å². The van der Waals surface area contributed by atoms with Crippen LogP contribution in [0.25, 0.3) is 0 Å². The second-order valence-corrected chi connectivity index (χ2v) is 4.42. The van der Waals surface area contributed by atoms with Crippen molar-refractivity contribution in [1.82, 2.24) is 0 Å². The Labute approximate surface area is 77.1 Å². The van der Waals surface area contributed by atoms with Crippen molar-refractivity contribution in [2.45, 2.75) is 31.8 Å². The summed E-state index contributed by atoms with van der Waals surface area (Å²) in [4.78, 5) is 10.4. The first-order valence-corrected chi connectivity index (χ1v) is 4.70. The Morgan fingerprint density at radius 2 is 2.08 bits per heavy atom. The maximum absolute atomic E-state index is 10.4. The van der Waals surface area contributed by atoms with Crippen molar-refractivity contribution in [2.24, 2.45) is 17.1 Å². The summed E-state index contributed by atoms with van der Waals surface area (Å²) >= 11 is 0. The van der Waals surface area contributed by atoms with Crippen LogP contribution in [-0.2, 0) is 4.74 Å². The van der Waals surface area contributed by atoms with Crippen molar-refractivity contribution >= 4 is 6.09 Å². The molecule has 0 aromatic carbocycles. The van der Waals surface area contributed by atoms with Crippen LogP contribution >= 0.6 is 0 Å². The van der Waals surface area contributed by atoms with Crippen LogP contribution in [0.1, 0.15) is 25.7 Å². The minimum atomic E-state index is -0.669. The molecule has 0 saturated heterocycles. The summed E-state index contributed by atoms with van der Waals surface area (Å²) in [5.74, 6) is 0.481. The number of rotatable bonds is 2. The van der Waals surface area contributed by atoms with Crippen LogP contribution in [-0.4, -0.2) is 23.9 Å². The highest BCUT2D eigenvalue weighted by Crippen LogP contribution is 2.59. The Morgan fingerprint density at radius 1 is 1.46 bits per heavy atom. The van der Waals surface area contributed by atoms with Gasteiger partial charge in [0, 0.05) is 6.61 Å². The first-order chi connectivity index (χ1) is 6.13. The predicted molar refractivity (Wildman–Crippen MR) is 45.9 cm³/mol. The van der Waals surface area contributed by atoms with Crippen LogP contribution in [0.2, 0.25) is 0 Å². The molecule has 0 aromatic heterocycles. The number of hydrogen-bond acceptors (Lipinski definition) is 3. The molecule has 2 aliphatic carbocycles. The molecule has 4 nitrogen and oxygen atoms in total. The molecule has 0 unspecified atom stereocenters. The molecule has 3 N–H and O–H groups in total. The van der Waals surface area contributed by atoms with Gasteiger partial charge in [-0.25, -0.2) is 4.79 Å². The first kappa shape index (κ1) is 8.81. The summed E-state index contributed by atoms with van der Waals surface area (Å²) in [6.45, 7) is 0.295. The summed E-state index contributed by atoms with van der Waals surface area (Å²) in [7, 11) is 0. The summed E-state index contributed by atoms with van der Waals surface area (Å²) in [5, 5.41) is 8.84. The number of nitrogens with two attached hydrogens (primary N) is 1. The molecular weight excluding hydrogens is 170 g/mol. The van der Waals surface area contributed by atoms with Gasteiger partial charge in [0.1, 0.15) is 6.10 Å². The van der Waals surface area contributed by atoms with Crippen molar-refractivity contribution < 1.29 is 14.6 Å². The fraction of sp³-hybridized carbons (Fsp3) is 0.889. The lowest BCUT2D eigenvalue weighted by Gasteiger charge is -2.56. The molecule has 0 heterocycles. The molecule has 74 valence electrons. The van der Waals surface area contributed by atoms with E-state index in [-0.39, 0.29) is 6.10 Å². The molecule has 0 bridgehead atoms. The zero-order valence-corrected chi connectivity index (χ0v) is 7.53. The molecule has 2 aliphatic rings. The third-order valence-electron chi connectivity index (χ3n) is 3.31. The van der Waals surface area contributed by atoms with Crippen molar-refractivity contribution in [1.29, 1.82) is 0 Å². The second kappa shape index (κ2) is 2.87. The van der Waals surface area contributed by atoms with Crippen molar-refractivity contribution in [3.05, 3.63) is 0 Å². The van der Waals surface area contributed by atoms with E-state index in [0.29, 0.717) is 17.9 Å². The lowest BCUT2D eigenvalue weighted by molar-refractivity contribution is -0.121. The fourth-order valence-electron chi connectivity index (χ4n) is 2.78. The maximum Gasteiger partial charge on any atom is 0.404 e. The molecule has 1 amide bonds. The number of aliphatic hydroxyl groups is 1. The molecule has 4 heteroatoms. The van der Waals surface area contributed by atoms with Crippen LogP contribution in [0.5, 0.6) is 0 Å². The van der Waals surface area contributed by atoms with Gasteiger partial charge in [0.15, 0.2) is 0 Å². The summed E-state index contributed by atoms with van der Waals surface area (Å²) in [5.41, 5.74) is 5.29. The number of aliphatic hydroxyl groups excluding tert-OH is 1. The lowest BCUT2D eigenvalue weighted by atomic mass is 9.51. The quantitative estimate of drug-likeness (QED) is 0.662. The second-order valence-electron chi connectivity index (χ2n) is 4.42. The summed E-state index contributed by atoms with van der Waals surface area (Å²) in [6, 6.07) is 0. The molecule has 2 rings (SSSR count). The molecule has 0 aromatic rings. The number of primary amides is 1. The summed E-state index contributed by atoms with van der Waals surface area (Å²) < 4.78 is 4.86. The van der Waals surface area contributed by atoms with E-state index in [1.54, 1.807) is 0 Å².